The highest BCUT2D eigenvalue weighted by molar-refractivity contribution is 7.09. The Morgan fingerprint density at radius 3 is 2.67 bits per heavy atom. The summed E-state index contributed by atoms with van der Waals surface area (Å²) < 4.78 is 0. The molecular formula is C19H21N3O4S. The zero-order valence-corrected chi connectivity index (χ0v) is 15.7. The van der Waals surface area contributed by atoms with E-state index in [4.69, 9.17) is 0 Å². The SMILES string of the molecule is Cc1cccc(CC(=O)NC2[C@H]3CN(C(=O)Cc4sc(=O)[nH]c4O)C[C@@H]23)c1. The van der Waals surface area contributed by atoms with Gasteiger partial charge in [0.15, 0.2) is 0 Å². The highest BCUT2D eigenvalue weighted by Gasteiger charge is 2.57. The summed E-state index contributed by atoms with van der Waals surface area (Å²) in [5.41, 5.74) is 2.14. The molecule has 0 bridgehead atoms. The number of amides is 2. The van der Waals surface area contributed by atoms with Gasteiger partial charge in [-0.05, 0) is 12.5 Å². The van der Waals surface area contributed by atoms with E-state index in [0.29, 0.717) is 36.2 Å². The summed E-state index contributed by atoms with van der Waals surface area (Å²) in [5, 5.41) is 12.7. The van der Waals surface area contributed by atoms with Crippen LogP contribution in [0.25, 0.3) is 0 Å². The van der Waals surface area contributed by atoms with Crippen LogP contribution in [0.2, 0.25) is 0 Å². The van der Waals surface area contributed by atoms with Crippen LogP contribution >= 0.6 is 11.3 Å². The lowest BCUT2D eigenvalue weighted by molar-refractivity contribution is -0.130. The standard InChI is InChI=1S/C19H21N3O4S/c1-10-3-2-4-11(5-10)6-15(23)20-17-12-8-22(9-13(12)17)16(24)7-14-18(25)21-19(26)27-14/h2-5,12-13,17,25H,6-9H2,1H3,(H,20,23)(H,21,26)/t12-,13+,17?. The summed E-state index contributed by atoms with van der Waals surface area (Å²) in [6.07, 6.45) is 0.394. The number of hydrogen-bond acceptors (Lipinski definition) is 5. The smallest absolute Gasteiger partial charge is 0.307 e. The maximum atomic E-state index is 12.4. The number of H-pyrrole nitrogens is 1. The van der Waals surface area contributed by atoms with Gasteiger partial charge in [-0.3, -0.25) is 19.4 Å². The van der Waals surface area contributed by atoms with Crippen molar-refractivity contribution in [3.63, 3.8) is 0 Å². The molecule has 2 aliphatic rings. The van der Waals surface area contributed by atoms with Gasteiger partial charge in [-0.1, -0.05) is 41.2 Å². The van der Waals surface area contributed by atoms with E-state index < -0.39 is 0 Å². The molecule has 1 aromatic carbocycles. The third-order valence-electron chi connectivity index (χ3n) is 5.33. The minimum atomic E-state index is -0.365. The van der Waals surface area contributed by atoms with Crippen molar-refractivity contribution in [2.45, 2.75) is 25.8 Å². The van der Waals surface area contributed by atoms with Crippen molar-refractivity contribution in [3.05, 3.63) is 49.9 Å². The van der Waals surface area contributed by atoms with Gasteiger partial charge in [0.05, 0.1) is 17.7 Å². The fourth-order valence-electron chi connectivity index (χ4n) is 3.91. The number of nitrogens with one attached hydrogen (secondary N) is 2. The normalized spacial score (nSPS) is 23.1. The third-order valence-corrected chi connectivity index (χ3v) is 6.21. The number of aromatic hydroxyl groups is 1. The van der Waals surface area contributed by atoms with Crippen LogP contribution in [0, 0.1) is 18.8 Å². The quantitative estimate of drug-likeness (QED) is 0.706. The van der Waals surface area contributed by atoms with Crippen LogP contribution in [0.3, 0.4) is 0 Å². The van der Waals surface area contributed by atoms with E-state index >= 15 is 0 Å². The number of aromatic amines is 1. The molecule has 1 aromatic heterocycles. The molecule has 0 spiro atoms. The molecule has 2 aromatic rings. The molecule has 7 nitrogen and oxygen atoms in total. The highest BCUT2D eigenvalue weighted by atomic mass is 32.1. The number of carbonyl (C=O) groups is 2. The lowest BCUT2D eigenvalue weighted by Crippen LogP contribution is -2.38. The van der Waals surface area contributed by atoms with Crippen molar-refractivity contribution < 1.29 is 14.7 Å². The van der Waals surface area contributed by atoms with Crippen molar-refractivity contribution in [3.8, 4) is 5.88 Å². The highest BCUT2D eigenvalue weighted by Crippen LogP contribution is 2.45. The minimum absolute atomic E-state index is 0.0138. The Balaban J connectivity index is 1.26. The van der Waals surface area contributed by atoms with E-state index in [1.807, 2.05) is 31.2 Å². The van der Waals surface area contributed by atoms with Crippen LogP contribution in [-0.4, -0.2) is 45.9 Å². The first-order valence-electron chi connectivity index (χ1n) is 8.94. The Morgan fingerprint density at radius 1 is 1.30 bits per heavy atom. The van der Waals surface area contributed by atoms with Crippen LogP contribution in [0.4, 0.5) is 0 Å². The number of fused-ring (bicyclic) bond motifs is 1. The van der Waals surface area contributed by atoms with Crippen molar-refractivity contribution in [1.29, 1.82) is 0 Å². The van der Waals surface area contributed by atoms with Gasteiger partial charge < -0.3 is 15.3 Å². The molecular weight excluding hydrogens is 366 g/mol. The summed E-state index contributed by atoms with van der Waals surface area (Å²) in [4.78, 5) is 39.8. The fraction of sp³-hybridized carbons (Fsp3) is 0.421. The van der Waals surface area contributed by atoms with E-state index in [9.17, 15) is 19.5 Å². The molecule has 8 heteroatoms. The number of piperidine rings is 1. The monoisotopic (exact) mass is 387 g/mol. The molecule has 3 atom stereocenters. The lowest BCUT2D eigenvalue weighted by Gasteiger charge is -2.20. The first kappa shape index (κ1) is 17.8. The molecule has 4 rings (SSSR count). The van der Waals surface area contributed by atoms with Gasteiger partial charge in [0, 0.05) is 31.0 Å². The summed E-state index contributed by atoms with van der Waals surface area (Å²) in [5.74, 6) is 0.296. The van der Waals surface area contributed by atoms with Gasteiger partial charge in [-0.2, -0.15) is 0 Å². The number of nitrogens with zero attached hydrogens (tertiary/aromatic N) is 1. The molecule has 27 heavy (non-hydrogen) atoms. The van der Waals surface area contributed by atoms with Crippen molar-refractivity contribution >= 4 is 23.2 Å². The zero-order chi connectivity index (χ0) is 19.1. The van der Waals surface area contributed by atoms with Crippen LogP contribution in [0.1, 0.15) is 16.0 Å². The van der Waals surface area contributed by atoms with Gasteiger partial charge in [0.2, 0.25) is 17.7 Å². The number of hydrogen-bond donors (Lipinski definition) is 3. The van der Waals surface area contributed by atoms with E-state index in [-0.39, 0.29) is 35.0 Å². The second-order valence-corrected chi connectivity index (χ2v) is 8.42. The number of rotatable bonds is 5. The minimum Gasteiger partial charge on any atom is -0.494 e. The Hall–Kier alpha value is -2.61. The molecule has 2 heterocycles. The van der Waals surface area contributed by atoms with Gasteiger partial charge in [-0.25, -0.2) is 0 Å². The molecule has 142 valence electrons. The molecule has 2 fully saturated rings. The number of benzene rings is 1. The molecule has 1 aliphatic heterocycles. The van der Waals surface area contributed by atoms with Crippen LogP contribution in [0.5, 0.6) is 5.88 Å². The molecule has 2 amide bonds. The summed E-state index contributed by atoms with van der Waals surface area (Å²) >= 11 is 0.859. The summed E-state index contributed by atoms with van der Waals surface area (Å²) in [7, 11) is 0. The molecule has 1 saturated carbocycles. The van der Waals surface area contributed by atoms with Gasteiger partial charge in [0.1, 0.15) is 0 Å². The van der Waals surface area contributed by atoms with E-state index in [1.165, 1.54) is 0 Å². The Bertz CT molecular complexity index is 938. The topological polar surface area (TPSA) is 103 Å². The van der Waals surface area contributed by atoms with Gasteiger partial charge >= 0.3 is 4.87 Å². The van der Waals surface area contributed by atoms with Crippen LogP contribution in [-0.2, 0) is 22.4 Å². The average Bonchev–Trinajstić information content (AvgIpc) is 2.93. The summed E-state index contributed by atoms with van der Waals surface area (Å²) in [6.45, 7) is 3.22. The second kappa shape index (κ2) is 6.84. The number of aromatic nitrogens is 1. The Kier molecular flexibility index (Phi) is 4.51. The zero-order valence-electron chi connectivity index (χ0n) is 14.9. The Morgan fingerprint density at radius 2 is 2.04 bits per heavy atom. The van der Waals surface area contributed by atoms with Gasteiger partial charge in [0.25, 0.3) is 0 Å². The Labute approximate surface area is 160 Å². The fourth-order valence-corrected chi connectivity index (χ4v) is 4.62. The molecule has 3 N–H and O–H groups in total. The first-order valence-corrected chi connectivity index (χ1v) is 9.76. The second-order valence-electron chi connectivity index (χ2n) is 7.35. The van der Waals surface area contributed by atoms with E-state index in [2.05, 4.69) is 10.3 Å². The molecule has 1 unspecified atom stereocenters. The van der Waals surface area contributed by atoms with Crippen molar-refractivity contribution in [1.82, 2.24) is 15.2 Å². The lowest BCUT2D eigenvalue weighted by atomic mass is 10.1. The predicted molar refractivity (Wildman–Crippen MR) is 101 cm³/mol. The maximum absolute atomic E-state index is 12.4. The third kappa shape index (κ3) is 3.75. The molecule has 1 saturated heterocycles. The number of carbonyl (C=O) groups excluding carboxylic acids is 2. The maximum Gasteiger partial charge on any atom is 0.307 e. The average molecular weight is 387 g/mol. The summed E-state index contributed by atoms with van der Waals surface area (Å²) in [6, 6.07) is 8.06. The predicted octanol–water partition coefficient (Wildman–Crippen LogP) is 0.809. The molecule has 1 aliphatic carbocycles. The van der Waals surface area contributed by atoms with Crippen molar-refractivity contribution in [2.75, 3.05) is 13.1 Å². The van der Waals surface area contributed by atoms with Crippen molar-refractivity contribution in [2.24, 2.45) is 11.8 Å². The number of likely N-dealkylation sites (tertiary alicyclic amines) is 1. The first-order chi connectivity index (χ1) is 12.9. The number of aryl methyl sites for hydroxylation is 1. The van der Waals surface area contributed by atoms with Gasteiger partial charge in [-0.15, -0.1) is 0 Å². The largest absolute Gasteiger partial charge is 0.494 e. The van der Waals surface area contributed by atoms with E-state index in [1.54, 1.807) is 4.90 Å². The van der Waals surface area contributed by atoms with Crippen LogP contribution in [0.15, 0.2) is 29.1 Å². The molecule has 0 radical (unpaired) electrons. The number of thiazole rings is 1. The van der Waals surface area contributed by atoms with Crippen LogP contribution < -0.4 is 10.2 Å². The van der Waals surface area contributed by atoms with E-state index in [0.717, 1.165) is 22.5 Å².